The van der Waals surface area contributed by atoms with Gasteiger partial charge in [-0.05, 0) is 38.8 Å². The lowest BCUT2D eigenvalue weighted by Gasteiger charge is -2.32. The number of nitrogens with one attached hydrogen (secondary N) is 2. The van der Waals surface area contributed by atoms with Gasteiger partial charge in [0, 0.05) is 30.6 Å². The van der Waals surface area contributed by atoms with Gasteiger partial charge >= 0.3 is 0 Å². The standard InChI is InChI=1S/C16H27ClN4O3S2/c1-3-18-16(19-11-13(22)14-5-6-15(17)25-14)20-12-7-9-21(10-8-12)26(23,24)4-2/h5-6,12-13,22H,3-4,7-11H2,1-2H3,(H2,18,19,20). The summed E-state index contributed by atoms with van der Waals surface area (Å²) in [5.41, 5.74) is 0. The molecule has 1 aromatic rings. The number of nitrogens with zero attached hydrogens (tertiary/aromatic N) is 2. The summed E-state index contributed by atoms with van der Waals surface area (Å²) in [5.74, 6) is 0.769. The van der Waals surface area contributed by atoms with E-state index in [1.807, 2.05) is 6.92 Å². The van der Waals surface area contributed by atoms with Crippen LogP contribution in [-0.2, 0) is 10.0 Å². The fourth-order valence-corrected chi connectivity index (χ4v) is 4.92. The van der Waals surface area contributed by atoms with Crippen LogP contribution in [0.1, 0.15) is 37.7 Å². The lowest BCUT2D eigenvalue weighted by molar-refractivity contribution is 0.191. The maximum atomic E-state index is 11.9. The molecule has 2 heterocycles. The molecule has 0 saturated carbocycles. The highest BCUT2D eigenvalue weighted by molar-refractivity contribution is 7.89. The number of piperidine rings is 1. The van der Waals surface area contributed by atoms with Crippen LogP contribution < -0.4 is 10.6 Å². The smallest absolute Gasteiger partial charge is 0.213 e. The third-order valence-electron chi connectivity index (χ3n) is 4.24. The van der Waals surface area contributed by atoms with Crippen LogP contribution in [0.5, 0.6) is 0 Å². The fourth-order valence-electron chi connectivity index (χ4n) is 2.75. The van der Waals surface area contributed by atoms with Crippen LogP contribution in [0.25, 0.3) is 0 Å². The molecule has 0 amide bonds. The lowest BCUT2D eigenvalue weighted by Crippen LogP contribution is -2.50. The predicted molar refractivity (Wildman–Crippen MR) is 107 cm³/mol. The van der Waals surface area contributed by atoms with Crippen LogP contribution >= 0.6 is 22.9 Å². The van der Waals surface area contributed by atoms with Gasteiger partial charge in [0.15, 0.2) is 5.96 Å². The van der Waals surface area contributed by atoms with E-state index >= 15 is 0 Å². The number of aliphatic hydroxyl groups excluding tert-OH is 1. The van der Waals surface area contributed by atoms with E-state index in [2.05, 4.69) is 15.6 Å². The molecule has 1 aliphatic rings. The third-order valence-corrected chi connectivity index (χ3v) is 7.46. The Morgan fingerprint density at radius 3 is 2.65 bits per heavy atom. The molecule has 1 fully saturated rings. The van der Waals surface area contributed by atoms with Crippen molar-refractivity contribution in [3.63, 3.8) is 0 Å². The largest absolute Gasteiger partial charge is 0.386 e. The zero-order valence-corrected chi connectivity index (χ0v) is 17.5. The zero-order valence-electron chi connectivity index (χ0n) is 15.1. The van der Waals surface area contributed by atoms with Gasteiger partial charge in [-0.2, -0.15) is 0 Å². The van der Waals surface area contributed by atoms with Crippen molar-refractivity contribution in [2.75, 3.05) is 31.9 Å². The second-order valence-electron chi connectivity index (χ2n) is 6.10. The van der Waals surface area contributed by atoms with Crippen LogP contribution in [0.3, 0.4) is 0 Å². The number of hydrogen-bond acceptors (Lipinski definition) is 5. The molecular weight excluding hydrogens is 396 g/mol. The molecule has 10 heteroatoms. The number of aliphatic imine (C=N–C) groups is 1. The summed E-state index contributed by atoms with van der Waals surface area (Å²) in [6.07, 6.45) is 0.763. The number of aliphatic hydroxyl groups is 1. The molecule has 1 saturated heterocycles. The SMILES string of the molecule is CCNC(=NCC(O)c1ccc(Cl)s1)NC1CCN(S(=O)(=O)CC)CC1. The number of halogens is 1. The van der Waals surface area contributed by atoms with E-state index in [1.165, 1.54) is 11.3 Å². The van der Waals surface area contributed by atoms with E-state index in [1.54, 1.807) is 23.4 Å². The Balaban J connectivity index is 1.90. The Morgan fingerprint density at radius 2 is 2.12 bits per heavy atom. The van der Waals surface area contributed by atoms with Gasteiger partial charge in [-0.1, -0.05) is 11.6 Å². The van der Waals surface area contributed by atoms with Crippen molar-refractivity contribution in [3.05, 3.63) is 21.3 Å². The Bertz CT molecular complexity index is 700. The summed E-state index contributed by atoms with van der Waals surface area (Å²) in [5, 5.41) is 16.7. The van der Waals surface area contributed by atoms with Gasteiger partial charge in [0.05, 0.1) is 16.6 Å². The summed E-state index contributed by atoms with van der Waals surface area (Å²) < 4.78 is 26.1. The summed E-state index contributed by atoms with van der Waals surface area (Å²) in [4.78, 5) is 5.24. The first kappa shape index (κ1) is 21.4. The van der Waals surface area contributed by atoms with Gasteiger partial charge in [-0.25, -0.2) is 12.7 Å². The van der Waals surface area contributed by atoms with Crippen LogP contribution in [0.15, 0.2) is 17.1 Å². The normalized spacial score (nSPS) is 18.7. The molecule has 3 N–H and O–H groups in total. The van der Waals surface area contributed by atoms with Crippen LogP contribution in [-0.4, -0.2) is 61.8 Å². The van der Waals surface area contributed by atoms with Crippen molar-refractivity contribution in [1.29, 1.82) is 0 Å². The number of rotatable bonds is 7. The molecule has 1 aromatic heterocycles. The molecule has 0 aromatic carbocycles. The molecule has 1 aliphatic heterocycles. The van der Waals surface area contributed by atoms with E-state index < -0.39 is 16.1 Å². The minimum atomic E-state index is -3.12. The highest BCUT2D eigenvalue weighted by Crippen LogP contribution is 2.26. The van der Waals surface area contributed by atoms with Crippen molar-refractivity contribution in [3.8, 4) is 0 Å². The van der Waals surface area contributed by atoms with Crippen molar-refractivity contribution in [2.24, 2.45) is 4.99 Å². The molecule has 26 heavy (non-hydrogen) atoms. The van der Waals surface area contributed by atoms with Crippen molar-refractivity contribution < 1.29 is 13.5 Å². The maximum Gasteiger partial charge on any atom is 0.213 e. The molecular formula is C16H27ClN4O3S2. The van der Waals surface area contributed by atoms with Crippen molar-refractivity contribution >= 4 is 38.9 Å². The first-order chi connectivity index (χ1) is 12.4. The maximum absolute atomic E-state index is 11.9. The molecule has 0 aliphatic carbocycles. The van der Waals surface area contributed by atoms with Gasteiger partial charge in [-0.3, -0.25) is 4.99 Å². The Hall–Kier alpha value is -0.870. The van der Waals surface area contributed by atoms with E-state index in [0.717, 1.165) is 17.7 Å². The van der Waals surface area contributed by atoms with Gasteiger partial charge in [0.1, 0.15) is 6.10 Å². The Kier molecular flexibility index (Phi) is 8.15. The molecule has 0 spiro atoms. The van der Waals surface area contributed by atoms with E-state index in [9.17, 15) is 13.5 Å². The molecule has 2 rings (SSSR count). The Labute approximate surface area is 164 Å². The van der Waals surface area contributed by atoms with Crippen LogP contribution in [0, 0.1) is 0 Å². The molecule has 0 bridgehead atoms. The van der Waals surface area contributed by atoms with Gasteiger partial charge in [0.25, 0.3) is 0 Å². The average molecular weight is 423 g/mol. The van der Waals surface area contributed by atoms with Crippen molar-refractivity contribution in [1.82, 2.24) is 14.9 Å². The van der Waals surface area contributed by atoms with Gasteiger partial charge in [-0.15, -0.1) is 11.3 Å². The van der Waals surface area contributed by atoms with E-state index in [4.69, 9.17) is 11.6 Å². The van der Waals surface area contributed by atoms with Crippen LogP contribution in [0.4, 0.5) is 0 Å². The van der Waals surface area contributed by atoms with E-state index in [0.29, 0.717) is 29.9 Å². The molecule has 1 atom stereocenters. The number of guanidine groups is 1. The first-order valence-corrected chi connectivity index (χ1v) is 11.6. The van der Waals surface area contributed by atoms with E-state index in [-0.39, 0.29) is 18.3 Å². The highest BCUT2D eigenvalue weighted by atomic mass is 35.5. The predicted octanol–water partition coefficient (Wildman–Crippen LogP) is 1.80. The molecule has 1 unspecified atom stereocenters. The second-order valence-corrected chi connectivity index (χ2v) is 10.1. The minimum Gasteiger partial charge on any atom is -0.386 e. The summed E-state index contributed by atoms with van der Waals surface area (Å²) >= 11 is 7.24. The second kappa shape index (κ2) is 9.89. The zero-order chi connectivity index (χ0) is 19.2. The quantitative estimate of drug-likeness (QED) is 0.460. The summed E-state index contributed by atoms with van der Waals surface area (Å²) in [7, 11) is -3.12. The molecule has 0 radical (unpaired) electrons. The number of thiophene rings is 1. The number of hydrogen-bond donors (Lipinski definition) is 3. The Morgan fingerprint density at radius 1 is 1.42 bits per heavy atom. The minimum absolute atomic E-state index is 0.139. The first-order valence-electron chi connectivity index (χ1n) is 8.81. The average Bonchev–Trinajstić information content (AvgIpc) is 3.06. The monoisotopic (exact) mass is 422 g/mol. The summed E-state index contributed by atoms with van der Waals surface area (Å²) in [6, 6.07) is 3.72. The van der Waals surface area contributed by atoms with Crippen LogP contribution in [0.2, 0.25) is 4.34 Å². The molecule has 148 valence electrons. The van der Waals surface area contributed by atoms with Crippen molar-refractivity contribution in [2.45, 2.75) is 38.8 Å². The topological polar surface area (TPSA) is 94.0 Å². The molecule has 7 nitrogen and oxygen atoms in total. The number of sulfonamides is 1. The third kappa shape index (κ3) is 6.09. The van der Waals surface area contributed by atoms with Gasteiger partial charge < -0.3 is 15.7 Å². The van der Waals surface area contributed by atoms with Gasteiger partial charge in [0.2, 0.25) is 10.0 Å². The lowest BCUT2D eigenvalue weighted by atomic mass is 10.1. The highest BCUT2D eigenvalue weighted by Gasteiger charge is 2.27. The summed E-state index contributed by atoms with van der Waals surface area (Å²) in [6.45, 7) is 5.61. The fraction of sp³-hybridized carbons (Fsp3) is 0.688.